The van der Waals surface area contributed by atoms with Crippen LogP contribution in [0, 0.1) is 27.8 Å². The molecule has 1 saturated carbocycles. The summed E-state index contributed by atoms with van der Waals surface area (Å²) in [7, 11) is 0. The standard InChI is InChI=1S/C15H20BrFN2O2/c1-2-10-3-5-11(6-4-10)9-18-14-7-12(16)13(17)8-15(14)19(20)21/h7-8,10-11,18H,2-6,9H2,1H3. The van der Waals surface area contributed by atoms with Crippen LogP contribution in [0.4, 0.5) is 15.8 Å². The van der Waals surface area contributed by atoms with Crippen LogP contribution < -0.4 is 5.32 Å². The van der Waals surface area contributed by atoms with Crippen LogP contribution in [0.1, 0.15) is 39.0 Å². The Morgan fingerprint density at radius 3 is 2.52 bits per heavy atom. The first kappa shape index (κ1) is 16.2. The largest absolute Gasteiger partial charge is 0.379 e. The number of nitrogens with one attached hydrogen (secondary N) is 1. The first-order valence-corrected chi connectivity index (χ1v) is 8.17. The maximum absolute atomic E-state index is 13.4. The monoisotopic (exact) mass is 358 g/mol. The fourth-order valence-corrected chi connectivity index (χ4v) is 3.27. The highest BCUT2D eigenvalue weighted by Crippen LogP contribution is 2.33. The smallest absolute Gasteiger partial charge is 0.295 e. The van der Waals surface area contributed by atoms with Gasteiger partial charge in [-0.2, -0.15) is 0 Å². The molecule has 0 unspecified atom stereocenters. The highest BCUT2D eigenvalue weighted by atomic mass is 79.9. The lowest BCUT2D eigenvalue weighted by molar-refractivity contribution is -0.384. The van der Waals surface area contributed by atoms with Crippen molar-refractivity contribution in [2.75, 3.05) is 11.9 Å². The Hall–Kier alpha value is -1.17. The Morgan fingerprint density at radius 2 is 1.95 bits per heavy atom. The molecule has 0 bridgehead atoms. The first-order chi connectivity index (χ1) is 10.0. The summed E-state index contributed by atoms with van der Waals surface area (Å²) >= 11 is 3.07. The van der Waals surface area contributed by atoms with Crippen LogP contribution in [0.2, 0.25) is 0 Å². The third-order valence-corrected chi connectivity index (χ3v) is 4.97. The van der Waals surface area contributed by atoms with E-state index < -0.39 is 10.7 Å². The average molecular weight is 359 g/mol. The molecule has 0 atom stereocenters. The molecule has 116 valence electrons. The quantitative estimate of drug-likeness (QED) is 0.586. The zero-order valence-corrected chi connectivity index (χ0v) is 13.7. The van der Waals surface area contributed by atoms with Crippen molar-refractivity contribution in [1.82, 2.24) is 0 Å². The molecule has 4 nitrogen and oxygen atoms in total. The van der Waals surface area contributed by atoms with Crippen LogP contribution in [0.5, 0.6) is 0 Å². The molecule has 0 heterocycles. The van der Waals surface area contributed by atoms with Gasteiger partial charge in [-0.3, -0.25) is 10.1 Å². The molecule has 1 aliphatic carbocycles. The molecular weight excluding hydrogens is 339 g/mol. The van der Waals surface area contributed by atoms with Gasteiger partial charge in [-0.15, -0.1) is 0 Å². The minimum atomic E-state index is -0.615. The zero-order chi connectivity index (χ0) is 15.4. The predicted molar refractivity (Wildman–Crippen MR) is 85.0 cm³/mol. The lowest BCUT2D eigenvalue weighted by Crippen LogP contribution is -2.21. The van der Waals surface area contributed by atoms with E-state index in [1.807, 2.05) is 0 Å². The van der Waals surface area contributed by atoms with Crippen LogP contribution in [0.25, 0.3) is 0 Å². The first-order valence-electron chi connectivity index (χ1n) is 7.38. The average Bonchev–Trinajstić information content (AvgIpc) is 2.48. The van der Waals surface area contributed by atoms with Crippen LogP contribution in [0.15, 0.2) is 16.6 Å². The van der Waals surface area contributed by atoms with Gasteiger partial charge >= 0.3 is 0 Å². The lowest BCUT2D eigenvalue weighted by Gasteiger charge is -2.28. The van der Waals surface area contributed by atoms with Crippen molar-refractivity contribution in [3.8, 4) is 0 Å². The topological polar surface area (TPSA) is 55.2 Å². The van der Waals surface area contributed by atoms with E-state index in [1.165, 1.54) is 25.3 Å². The van der Waals surface area contributed by atoms with E-state index >= 15 is 0 Å². The van der Waals surface area contributed by atoms with Gasteiger partial charge in [0.1, 0.15) is 11.5 Å². The molecule has 0 amide bonds. The molecule has 0 saturated heterocycles. The number of nitrogens with zero attached hydrogens (tertiary/aromatic N) is 1. The number of benzene rings is 1. The van der Waals surface area contributed by atoms with E-state index in [0.717, 1.165) is 24.8 Å². The van der Waals surface area contributed by atoms with Gasteiger partial charge in [-0.05, 0) is 46.7 Å². The molecular formula is C15H20BrFN2O2. The number of anilines is 1. The predicted octanol–water partition coefficient (Wildman–Crippen LogP) is 5.12. The van der Waals surface area contributed by atoms with Gasteiger partial charge in [0.25, 0.3) is 5.69 Å². The molecule has 1 N–H and O–H groups in total. The molecule has 2 rings (SSSR count). The summed E-state index contributed by atoms with van der Waals surface area (Å²) in [5.41, 5.74) is 0.170. The van der Waals surface area contributed by atoms with Crippen LogP contribution in [-0.2, 0) is 0 Å². The summed E-state index contributed by atoms with van der Waals surface area (Å²) in [5.74, 6) is 0.752. The second kappa shape index (κ2) is 7.20. The highest BCUT2D eigenvalue weighted by Gasteiger charge is 2.22. The van der Waals surface area contributed by atoms with Gasteiger partial charge in [0, 0.05) is 6.54 Å². The molecule has 1 aliphatic rings. The Kier molecular flexibility index (Phi) is 5.56. The summed E-state index contributed by atoms with van der Waals surface area (Å²) in [6.07, 6.45) is 6.01. The van der Waals surface area contributed by atoms with Crippen molar-refractivity contribution in [2.45, 2.75) is 39.0 Å². The van der Waals surface area contributed by atoms with Crippen molar-refractivity contribution < 1.29 is 9.31 Å². The Bertz CT molecular complexity index is 517. The van der Waals surface area contributed by atoms with Crippen molar-refractivity contribution in [1.29, 1.82) is 0 Å². The van der Waals surface area contributed by atoms with Crippen LogP contribution in [0.3, 0.4) is 0 Å². The van der Waals surface area contributed by atoms with Gasteiger partial charge in [0.05, 0.1) is 15.5 Å². The summed E-state index contributed by atoms with van der Waals surface area (Å²) in [6.45, 7) is 2.93. The van der Waals surface area contributed by atoms with Gasteiger partial charge in [-0.25, -0.2) is 4.39 Å². The van der Waals surface area contributed by atoms with E-state index in [2.05, 4.69) is 28.2 Å². The number of nitro groups is 1. The number of nitro benzene ring substituents is 1. The maximum Gasteiger partial charge on any atom is 0.295 e. The molecule has 6 heteroatoms. The van der Waals surface area contributed by atoms with E-state index in [4.69, 9.17) is 0 Å². The molecule has 1 aromatic rings. The van der Waals surface area contributed by atoms with Gasteiger partial charge in [-0.1, -0.05) is 26.2 Å². The van der Waals surface area contributed by atoms with Crippen LogP contribution in [-0.4, -0.2) is 11.5 Å². The third-order valence-electron chi connectivity index (χ3n) is 4.36. The summed E-state index contributed by atoms with van der Waals surface area (Å²) in [4.78, 5) is 10.5. The Balaban J connectivity index is 2.00. The fourth-order valence-electron chi connectivity index (χ4n) is 2.93. The SMILES string of the molecule is CCC1CCC(CNc2cc(Br)c(F)cc2[N+](=O)[O-])CC1. The number of hydrogen-bond donors (Lipinski definition) is 1. The second-order valence-corrected chi connectivity index (χ2v) is 6.57. The van der Waals surface area contributed by atoms with Crippen molar-refractivity contribution >= 4 is 27.3 Å². The summed E-state index contributed by atoms with van der Waals surface area (Å²) in [5, 5.41) is 14.1. The van der Waals surface area contributed by atoms with Crippen LogP contribution >= 0.6 is 15.9 Å². The number of hydrogen-bond acceptors (Lipinski definition) is 3. The van der Waals surface area contributed by atoms with Crippen molar-refractivity contribution in [3.63, 3.8) is 0 Å². The van der Waals surface area contributed by atoms with Gasteiger partial charge < -0.3 is 5.32 Å². The molecule has 21 heavy (non-hydrogen) atoms. The molecule has 0 spiro atoms. The molecule has 1 fully saturated rings. The number of rotatable bonds is 5. The number of halogens is 2. The molecule has 0 radical (unpaired) electrons. The minimum Gasteiger partial charge on any atom is -0.379 e. The molecule has 1 aromatic carbocycles. The van der Waals surface area contributed by atoms with E-state index in [1.54, 1.807) is 0 Å². The highest BCUT2D eigenvalue weighted by molar-refractivity contribution is 9.10. The summed E-state index contributed by atoms with van der Waals surface area (Å²) < 4.78 is 13.7. The van der Waals surface area contributed by atoms with E-state index in [-0.39, 0.29) is 10.2 Å². The minimum absolute atomic E-state index is 0.210. The normalized spacial score (nSPS) is 22.0. The zero-order valence-electron chi connectivity index (χ0n) is 12.1. The van der Waals surface area contributed by atoms with E-state index in [9.17, 15) is 14.5 Å². The Morgan fingerprint density at radius 1 is 1.33 bits per heavy atom. The van der Waals surface area contributed by atoms with Crippen molar-refractivity contribution in [3.05, 3.63) is 32.5 Å². The van der Waals surface area contributed by atoms with E-state index in [0.29, 0.717) is 18.2 Å². The van der Waals surface area contributed by atoms with Gasteiger partial charge in [0.15, 0.2) is 0 Å². The third kappa shape index (κ3) is 4.15. The molecule has 0 aromatic heterocycles. The van der Waals surface area contributed by atoms with Crippen molar-refractivity contribution in [2.24, 2.45) is 11.8 Å². The summed E-state index contributed by atoms with van der Waals surface area (Å²) in [6, 6.07) is 2.41. The fraction of sp³-hybridized carbons (Fsp3) is 0.600. The molecule has 0 aliphatic heterocycles. The second-order valence-electron chi connectivity index (χ2n) is 5.72. The maximum atomic E-state index is 13.4. The Labute approximate surface area is 132 Å². The van der Waals surface area contributed by atoms with Gasteiger partial charge in [0.2, 0.25) is 0 Å². The lowest BCUT2D eigenvalue weighted by atomic mass is 9.81.